The summed E-state index contributed by atoms with van der Waals surface area (Å²) in [5, 5.41) is 2.32. The Kier molecular flexibility index (Phi) is 6.18. The van der Waals surface area contributed by atoms with Crippen molar-refractivity contribution in [1.29, 1.82) is 0 Å². The van der Waals surface area contributed by atoms with Crippen molar-refractivity contribution in [3.63, 3.8) is 0 Å². The minimum atomic E-state index is -1.41. The van der Waals surface area contributed by atoms with Crippen LogP contribution in [0.5, 0.6) is 0 Å². The molecule has 2 aromatic carbocycles. The van der Waals surface area contributed by atoms with E-state index in [4.69, 9.17) is 4.74 Å². The highest BCUT2D eigenvalue weighted by atomic mass is 28.3. The van der Waals surface area contributed by atoms with Crippen LogP contribution in [-0.4, -0.2) is 41.2 Å². The molecule has 1 N–H and O–H groups in total. The maximum absolute atomic E-state index is 12.8. The van der Waals surface area contributed by atoms with Gasteiger partial charge in [-0.15, -0.1) is 5.54 Å². The number of H-pyrrole nitrogens is 1. The second-order valence-electron chi connectivity index (χ2n) is 11.0. The molecule has 5 nitrogen and oxygen atoms in total. The highest BCUT2D eigenvalue weighted by Gasteiger charge is 2.33. The minimum absolute atomic E-state index is 0.267. The van der Waals surface area contributed by atoms with Crippen molar-refractivity contribution in [2.45, 2.75) is 59.0 Å². The third kappa shape index (κ3) is 5.60. The SMILES string of the molecule is CC1=C[C@@H](c2ncc(-c3ccc4cc(C#C[Si](C)(C)C)ccc4c3)[nH]2)N(C(=O)OC(C)(C)C)C1. The molecule has 1 aromatic heterocycles. The molecule has 0 saturated heterocycles. The molecule has 2 heterocycles. The molecule has 3 aromatic rings. The summed E-state index contributed by atoms with van der Waals surface area (Å²) in [4.78, 5) is 22.5. The quantitative estimate of drug-likeness (QED) is 0.257. The molecule has 1 amide bonds. The van der Waals surface area contributed by atoms with Gasteiger partial charge in [-0.05, 0) is 56.7 Å². The lowest BCUT2D eigenvalue weighted by Crippen LogP contribution is -2.37. The molecular weight excluding hydrogens is 438 g/mol. The van der Waals surface area contributed by atoms with E-state index in [9.17, 15) is 4.79 Å². The Morgan fingerprint density at radius 1 is 1.15 bits per heavy atom. The topological polar surface area (TPSA) is 58.2 Å². The third-order valence-corrected chi connectivity index (χ3v) is 6.31. The van der Waals surface area contributed by atoms with Gasteiger partial charge in [-0.25, -0.2) is 9.78 Å². The van der Waals surface area contributed by atoms with Crippen LogP contribution in [0, 0.1) is 11.5 Å². The van der Waals surface area contributed by atoms with Crippen LogP contribution in [-0.2, 0) is 4.74 Å². The summed E-state index contributed by atoms with van der Waals surface area (Å²) in [5.74, 6) is 4.07. The van der Waals surface area contributed by atoms with Crippen LogP contribution >= 0.6 is 0 Å². The van der Waals surface area contributed by atoms with Crippen molar-refractivity contribution in [3.05, 3.63) is 65.6 Å². The van der Waals surface area contributed by atoms with E-state index in [2.05, 4.69) is 83.5 Å². The molecular formula is C28H33N3O2Si. The van der Waals surface area contributed by atoms with Crippen LogP contribution in [0.1, 0.15) is 45.1 Å². The Bertz CT molecular complexity index is 1330. The van der Waals surface area contributed by atoms with E-state index in [1.165, 1.54) is 0 Å². The van der Waals surface area contributed by atoms with Gasteiger partial charge in [0.1, 0.15) is 25.5 Å². The maximum atomic E-state index is 12.8. The molecule has 4 rings (SSSR count). The summed E-state index contributed by atoms with van der Waals surface area (Å²) in [6, 6.07) is 12.5. The predicted molar refractivity (Wildman–Crippen MR) is 141 cm³/mol. The van der Waals surface area contributed by atoms with Crippen LogP contribution in [0.3, 0.4) is 0 Å². The molecule has 0 radical (unpaired) electrons. The molecule has 1 aliphatic heterocycles. The van der Waals surface area contributed by atoms with Gasteiger partial charge in [-0.3, -0.25) is 4.90 Å². The lowest BCUT2D eigenvalue weighted by molar-refractivity contribution is 0.0232. The molecule has 6 heteroatoms. The molecule has 1 aliphatic rings. The van der Waals surface area contributed by atoms with E-state index >= 15 is 0 Å². The average Bonchev–Trinajstić information content (AvgIpc) is 3.37. The molecule has 0 fully saturated rings. The molecule has 0 spiro atoms. The highest BCUT2D eigenvalue weighted by molar-refractivity contribution is 6.83. The van der Waals surface area contributed by atoms with Crippen molar-refractivity contribution in [2.24, 2.45) is 0 Å². The monoisotopic (exact) mass is 471 g/mol. The van der Waals surface area contributed by atoms with Gasteiger partial charge < -0.3 is 9.72 Å². The normalized spacial score (nSPS) is 16.3. The lowest BCUT2D eigenvalue weighted by atomic mass is 10.0. The standard InChI is InChI=1S/C28H33N3O2Si/c1-19-14-25(31(18-19)27(32)33-28(2,3)4)26-29-17-24(30-26)23-11-10-21-15-20(8-9-22(21)16-23)12-13-34(5,6)7/h8-11,14-17,25H,18H2,1-7H3,(H,29,30)/t25-/m0/s1. The van der Waals surface area contributed by atoms with Crippen LogP contribution in [0.15, 0.2) is 54.2 Å². The number of amides is 1. The Morgan fingerprint density at radius 3 is 2.56 bits per heavy atom. The molecule has 176 valence electrons. The first kappa shape index (κ1) is 23.8. The number of nitrogens with zero attached hydrogens (tertiary/aromatic N) is 2. The lowest BCUT2D eigenvalue weighted by Gasteiger charge is -2.27. The number of ether oxygens (including phenoxy) is 1. The number of carbonyl (C=O) groups excluding carboxylic acids is 1. The second-order valence-corrected chi connectivity index (χ2v) is 15.8. The average molecular weight is 472 g/mol. The van der Waals surface area contributed by atoms with Crippen molar-refractivity contribution in [1.82, 2.24) is 14.9 Å². The number of rotatable bonds is 2. The van der Waals surface area contributed by atoms with Crippen molar-refractivity contribution in [2.75, 3.05) is 6.54 Å². The Hall–Kier alpha value is -3.30. The van der Waals surface area contributed by atoms with E-state index < -0.39 is 13.7 Å². The van der Waals surface area contributed by atoms with E-state index in [-0.39, 0.29) is 12.1 Å². The number of fused-ring (bicyclic) bond motifs is 1. The predicted octanol–water partition coefficient (Wildman–Crippen LogP) is 6.70. The van der Waals surface area contributed by atoms with Gasteiger partial charge in [0.25, 0.3) is 0 Å². The number of benzene rings is 2. The fourth-order valence-corrected chi connectivity index (χ4v) is 4.41. The van der Waals surface area contributed by atoms with Gasteiger partial charge in [0.2, 0.25) is 0 Å². The first-order valence-corrected chi connectivity index (χ1v) is 15.2. The van der Waals surface area contributed by atoms with Gasteiger partial charge in [0.15, 0.2) is 0 Å². The molecule has 1 atom stereocenters. The number of carbonyl (C=O) groups is 1. The number of aromatic nitrogens is 2. The largest absolute Gasteiger partial charge is 0.444 e. The Balaban J connectivity index is 1.59. The summed E-state index contributed by atoms with van der Waals surface area (Å²) < 4.78 is 5.61. The summed E-state index contributed by atoms with van der Waals surface area (Å²) in [6.45, 7) is 14.9. The van der Waals surface area contributed by atoms with Crippen LogP contribution in [0.25, 0.3) is 22.0 Å². The van der Waals surface area contributed by atoms with Crippen molar-refractivity contribution in [3.8, 4) is 22.7 Å². The van der Waals surface area contributed by atoms with Crippen molar-refractivity contribution < 1.29 is 9.53 Å². The number of aromatic amines is 1. The van der Waals surface area contributed by atoms with E-state index in [1.54, 1.807) is 4.90 Å². The summed E-state index contributed by atoms with van der Waals surface area (Å²) in [7, 11) is -1.41. The fraction of sp³-hybridized carbons (Fsp3) is 0.357. The third-order valence-electron chi connectivity index (χ3n) is 5.43. The summed E-state index contributed by atoms with van der Waals surface area (Å²) in [6.07, 6.45) is 3.57. The van der Waals surface area contributed by atoms with E-state index in [0.717, 1.165) is 39.0 Å². The van der Waals surface area contributed by atoms with Gasteiger partial charge in [-0.2, -0.15) is 0 Å². The van der Waals surface area contributed by atoms with Gasteiger partial charge in [0.05, 0.1) is 11.9 Å². The Labute approximate surface area is 203 Å². The summed E-state index contributed by atoms with van der Waals surface area (Å²) in [5.41, 5.74) is 7.03. The van der Waals surface area contributed by atoms with E-state index in [0.29, 0.717) is 6.54 Å². The van der Waals surface area contributed by atoms with Gasteiger partial charge >= 0.3 is 6.09 Å². The molecule has 34 heavy (non-hydrogen) atoms. The fourth-order valence-electron chi connectivity index (χ4n) is 3.89. The number of hydrogen-bond acceptors (Lipinski definition) is 3. The number of hydrogen-bond donors (Lipinski definition) is 1. The van der Waals surface area contributed by atoms with Crippen molar-refractivity contribution >= 4 is 24.9 Å². The zero-order chi connectivity index (χ0) is 24.7. The second kappa shape index (κ2) is 8.81. The number of imidazole rings is 1. The molecule has 0 saturated carbocycles. The molecule has 0 aliphatic carbocycles. The maximum Gasteiger partial charge on any atom is 0.411 e. The van der Waals surface area contributed by atoms with Gasteiger partial charge in [-0.1, -0.05) is 55.4 Å². The van der Waals surface area contributed by atoms with Crippen LogP contribution in [0.2, 0.25) is 19.6 Å². The zero-order valence-corrected chi connectivity index (χ0v) is 22.1. The smallest absolute Gasteiger partial charge is 0.411 e. The zero-order valence-electron chi connectivity index (χ0n) is 21.1. The van der Waals surface area contributed by atoms with Crippen LogP contribution < -0.4 is 0 Å². The Morgan fingerprint density at radius 2 is 1.85 bits per heavy atom. The number of nitrogens with one attached hydrogen (secondary N) is 1. The minimum Gasteiger partial charge on any atom is -0.444 e. The molecule has 0 unspecified atom stereocenters. The van der Waals surface area contributed by atoms with Crippen LogP contribution in [0.4, 0.5) is 4.79 Å². The van der Waals surface area contributed by atoms with E-state index in [1.807, 2.05) is 33.9 Å². The highest BCUT2D eigenvalue weighted by Crippen LogP contribution is 2.32. The molecule has 0 bridgehead atoms. The first-order valence-electron chi connectivity index (χ1n) is 11.7. The summed E-state index contributed by atoms with van der Waals surface area (Å²) >= 11 is 0. The van der Waals surface area contributed by atoms with Gasteiger partial charge in [0, 0.05) is 17.7 Å². The first-order chi connectivity index (χ1) is 15.9.